The third-order valence-corrected chi connectivity index (χ3v) is 4.46. The number of piperidine rings is 1. The van der Waals surface area contributed by atoms with Crippen molar-refractivity contribution in [2.75, 3.05) is 26.8 Å². The molecule has 1 fully saturated rings. The number of hydrogen-bond acceptors (Lipinski definition) is 4. The summed E-state index contributed by atoms with van der Waals surface area (Å²) in [7, 11) is 1.75. The predicted octanol–water partition coefficient (Wildman–Crippen LogP) is 1.96. The van der Waals surface area contributed by atoms with Crippen LogP contribution in [0.4, 0.5) is 0 Å². The van der Waals surface area contributed by atoms with Crippen LogP contribution < -0.4 is 5.32 Å². The summed E-state index contributed by atoms with van der Waals surface area (Å²) in [5, 5.41) is 12.8. The maximum absolute atomic E-state index is 11.6. The molecule has 1 aliphatic heterocycles. The summed E-state index contributed by atoms with van der Waals surface area (Å²) in [4.78, 5) is 14.0. The summed E-state index contributed by atoms with van der Waals surface area (Å²) < 4.78 is 5.23. The smallest absolute Gasteiger partial charge is 0.323 e. The molecular weight excluding hydrogens is 268 g/mol. The van der Waals surface area contributed by atoms with E-state index in [0.29, 0.717) is 12.3 Å². The van der Waals surface area contributed by atoms with E-state index in [1.165, 1.54) is 0 Å². The van der Waals surface area contributed by atoms with E-state index < -0.39 is 11.5 Å². The van der Waals surface area contributed by atoms with E-state index in [1.807, 2.05) is 13.8 Å². The number of carbonyl (C=O) groups is 1. The van der Waals surface area contributed by atoms with Gasteiger partial charge in [0.05, 0.1) is 0 Å². The second-order valence-electron chi connectivity index (χ2n) is 6.92. The van der Waals surface area contributed by atoms with E-state index in [4.69, 9.17) is 4.74 Å². The lowest BCUT2D eigenvalue weighted by Gasteiger charge is -2.39. The Morgan fingerprint density at radius 1 is 1.38 bits per heavy atom. The van der Waals surface area contributed by atoms with Crippen LogP contribution >= 0.6 is 0 Å². The second-order valence-corrected chi connectivity index (χ2v) is 6.92. The van der Waals surface area contributed by atoms with Crippen molar-refractivity contribution >= 4 is 5.97 Å². The predicted molar refractivity (Wildman–Crippen MR) is 84.6 cm³/mol. The molecule has 2 atom stereocenters. The normalized spacial score (nSPS) is 22.2. The number of aliphatic carboxylic acids is 1. The highest BCUT2D eigenvalue weighted by atomic mass is 16.5. The van der Waals surface area contributed by atoms with Crippen molar-refractivity contribution in [1.82, 2.24) is 10.2 Å². The van der Waals surface area contributed by atoms with E-state index >= 15 is 0 Å². The first-order valence-electron chi connectivity index (χ1n) is 8.02. The molecule has 0 aliphatic carbocycles. The van der Waals surface area contributed by atoms with Crippen LogP contribution in [0.15, 0.2) is 0 Å². The fourth-order valence-electron chi connectivity index (χ4n) is 3.36. The Balaban J connectivity index is 2.55. The minimum atomic E-state index is -0.864. The Labute approximate surface area is 129 Å². The van der Waals surface area contributed by atoms with Crippen molar-refractivity contribution in [3.63, 3.8) is 0 Å². The number of rotatable bonds is 8. The van der Waals surface area contributed by atoms with Gasteiger partial charge in [-0.1, -0.05) is 0 Å². The monoisotopic (exact) mass is 300 g/mol. The summed E-state index contributed by atoms with van der Waals surface area (Å²) in [6.07, 6.45) is 2.90. The molecule has 0 radical (unpaired) electrons. The number of carboxylic acid groups (broad SMARTS) is 1. The first kappa shape index (κ1) is 18.4. The number of methoxy groups -OCH3 is 1. The Morgan fingerprint density at radius 2 is 1.95 bits per heavy atom. The number of likely N-dealkylation sites (tertiary alicyclic amines) is 1. The molecule has 5 heteroatoms. The Kier molecular flexibility index (Phi) is 7.10. The van der Waals surface area contributed by atoms with Crippen molar-refractivity contribution in [2.24, 2.45) is 5.92 Å². The quantitative estimate of drug-likeness (QED) is 0.717. The van der Waals surface area contributed by atoms with Gasteiger partial charge in [0.1, 0.15) is 5.54 Å². The van der Waals surface area contributed by atoms with Crippen LogP contribution in [-0.2, 0) is 9.53 Å². The number of carboxylic acids is 1. The van der Waals surface area contributed by atoms with Crippen LogP contribution in [0.3, 0.4) is 0 Å². The largest absolute Gasteiger partial charge is 0.480 e. The fraction of sp³-hybridized carbons (Fsp3) is 0.938. The van der Waals surface area contributed by atoms with Crippen LogP contribution in [0.2, 0.25) is 0 Å². The molecule has 0 aromatic carbocycles. The lowest BCUT2D eigenvalue weighted by molar-refractivity contribution is -0.145. The molecule has 1 aliphatic rings. The van der Waals surface area contributed by atoms with Crippen LogP contribution in [0, 0.1) is 5.92 Å². The summed E-state index contributed by atoms with van der Waals surface area (Å²) in [5.41, 5.74) is -0.864. The molecular formula is C16H32N2O3. The van der Waals surface area contributed by atoms with E-state index in [9.17, 15) is 9.90 Å². The van der Waals surface area contributed by atoms with Crippen LogP contribution in [0.5, 0.6) is 0 Å². The zero-order chi connectivity index (χ0) is 16.0. The maximum atomic E-state index is 11.6. The highest BCUT2D eigenvalue weighted by Gasteiger charge is 2.37. The van der Waals surface area contributed by atoms with Crippen molar-refractivity contribution in [1.29, 1.82) is 0 Å². The minimum absolute atomic E-state index is 0.158. The average Bonchev–Trinajstić information content (AvgIpc) is 2.38. The Morgan fingerprint density at radius 3 is 2.38 bits per heavy atom. The van der Waals surface area contributed by atoms with E-state index in [0.717, 1.165) is 32.5 Å². The molecule has 2 N–H and O–H groups in total. The average molecular weight is 300 g/mol. The number of nitrogens with one attached hydrogen (secondary N) is 1. The highest BCUT2D eigenvalue weighted by molar-refractivity contribution is 5.78. The first-order valence-corrected chi connectivity index (χ1v) is 8.02. The summed E-state index contributed by atoms with van der Waals surface area (Å²) in [5.74, 6) is -0.115. The van der Waals surface area contributed by atoms with E-state index in [2.05, 4.69) is 17.1 Å². The summed E-state index contributed by atoms with van der Waals surface area (Å²) >= 11 is 0. The van der Waals surface area contributed by atoms with Gasteiger partial charge < -0.3 is 14.7 Å². The van der Waals surface area contributed by atoms with Crippen molar-refractivity contribution in [3.05, 3.63) is 0 Å². The van der Waals surface area contributed by atoms with Crippen molar-refractivity contribution in [2.45, 2.75) is 64.6 Å². The Hall–Kier alpha value is -0.650. The molecule has 0 saturated carbocycles. The molecule has 0 spiro atoms. The molecule has 1 rings (SSSR count). The molecule has 1 saturated heterocycles. The number of hydrogen-bond donors (Lipinski definition) is 2. The van der Waals surface area contributed by atoms with Crippen molar-refractivity contribution < 1.29 is 14.6 Å². The Bertz CT molecular complexity index is 327. The molecule has 5 nitrogen and oxygen atoms in total. The lowest BCUT2D eigenvalue weighted by Crippen LogP contribution is -2.56. The van der Waals surface area contributed by atoms with Gasteiger partial charge in [0.2, 0.25) is 0 Å². The van der Waals surface area contributed by atoms with Crippen LogP contribution in [-0.4, -0.2) is 60.4 Å². The van der Waals surface area contributed by atoms with Gasteiger partial charge in [-0.05, 0) is 66.0 Å². The fourth-order valence-corrected chi connectivity index (χ4v) is 3.36. The van der Waals surface area contributed by atoms with Gasteiger partial charge in [-0.3, -0.25) is 10.1 Å². The zero-order valence-electron chi connectivity index (χ0n) is 14.2. The summed E-state index contributed by atoms with van der Waals surface area (Å²) in [6, 6.07) is 0.423. The number of nitrogens with zero attached hydrogens (tertiary/aromatic N) is 1. The third kappa shape index (κ3) is 5.57. The van der Waals surface area contributed by atoms with Gasteiger partial charge in [0, 0.05) is 25.8 Å². The van der Waals surface area contributed by atoms with Gasteiger partial charge in [0.15, 0.2) is 0 Å². The van der Waals surface area contributed by atoms with Gasteiger partial charge in [-0.15, -0.1) is 0 Å². The standard InChI is InChI=1S/C16H32N2O3/c1-12(2)17-16(4,15(19)20)10-13(3)18-8-6-14(7-9-18)11-21-5/h12-14,17H,6-11H2,1-5H3,(H,19,20). The molecule has 0 amide bonds. The molecule has 21 heavy (non-hydrogen) atoms. The zero-order valence-corrected chi connectivity index (χ0v) is 14.2. The summed E-state index contributed by atoms with van der Waals surface area (Å²) in [6.45, 7) is 10.8. The van der Waals surface area contributed by atoms with Gasteiger partial charge >= 0.3 is 5.97 Å². The second kappa shape index (κ2) is 8.11. The van der Waals surface area contributed by atoms with Crippen LogP contribution in [0.25, 0.3) is 0 Å². The lowest BCUT2D eigenvalue weighted by atomic mass is 9.90. The first-order chi connectivity index (χ1) is 9.78. The third-order valence-electron chi connectivity index (χ3n) is 4.46. The topological polar surface area (TPSA) is 61.8 Å². The van der Waals surface area contributed by atoms with Crippen molar-refractivity contribution in [3.8, 4) is 0 Å². The minimum Gasteiger partial charge on any atom is -0.480 e. The SMILES string of the molecule is COCC1CCN(C(C)CC(C)(NC(C)C)C(=O)O)CC1. The van der Waals surface area contributed by atoms with Gasteiger partial charge in [0.25, 0.3) is 0 Å². The molecule has 0 aromatic heterocycles. The van der Waals surface area contributed by atoms with E-state index in [-0.39, 0.29) is 12.1 Å². The highest BCUT2D eigenvalue weighted by Crippen LogP contribution is 2.23. The van der Waals surface area contributed by atoms with Gasteiger partial charge in [-0.2, -0.15) is 0 Å². The number of ether oxygens (including phenoxy) is 1. The molecule has 1 heterocycles. The van der Waals surface area contributed by atoms with E-state index in [1.54, 1.807) is 14.0 Å². The van der Waals surface area contributed by atoms with Crippen LogP contribution in [0.1, 0.15) is 47.0 Å². The van der Waals surface area contributed by atoms with Gasteiger partial charge in [-0.25, -0.2) is 0 Å². The molecule has 2 unspecified atom stereocenters. The molecule has 0 aromatic rings. The molecule has 0 bridgehead atoms. The molecule has 124 valence electrons. The maximum Gasteiger partial charge on any atom is 0.323 e.